The van der Waals surface area contributed by atoms with E-state index in [1.807, 2.05) is 25.1 Å². The van der Waals surface area contributed by atoms with Gasteiger partial charge in [-0.05, 0) is 49.3 Å². The minimum absolute atomic E-state index is 0.00674. The van der Waals surface area contributed by atoms with Crippen LogP contribution in [0, 0.1) is 6.92 Å². The third-order valence-electron chi connectivity index (χ3n) is 4.04. The van der Waals surface area contributed by atoms with E-state index in [1.54, 1.807) is 30.3 Å². The highest BCUT2D eigenvalue weighted by Gasteiger charge is 2.14. The molecule has 0 atom stereocenters. The van der Waals surface area contributed by atoms with Crippen LogP contribution in [-0.4, -0.2) is 23.5 Å². The summed E-state index contributed by atoms with van der Waals surface area (Å²) in [7, 11) is 0. The van der Waals surface area contributed by atoms with E-state index in [1.165, 1.54) is 0 Å². The van der Waals surface area contributed by atoms with E-state index in [4.69, 9.17) is 17.0 Å². The van der Waals surface area contributed by atoms with Crippen LogP contribution in [0.5, 0.6) is 5.75 Å². The summed E-state index contributed by atoms with van der Waals surface area (Å²) in [4.78, 5) is 24.7. The second-order valence-corrected chi connectivity index (χ2v) is 6.64. The van der Waals surface area contributed by atoms with E-state index in [9.17, 15) is 9.59 Å². The number of unbranched alkanes of at least 4 members (excludes halogenated alkanes) is 2. The first-order chi connectivity index (χ1) is 13.5. The van der Waals surface area contributed by atoms with Crippen molar-refractivity contribution in [1.82, 2.24) is 16.2 Å². The summed E-state index contributed by atoms with van der Waals surface area (Å²) in [6, 6.07) is 14.2. The van der Waals surface area contributed by atoms with Gasteiger partial charge in [0.2, 0.25) is 0 Å². The van der Waals surface area contributed by atoms with Crippen LogP contribution in [0.3, 0.4) is 0 Å². The predicted molar refractivity (Wildman–Crippen MR) is 113 cm³/mol. The van der Waals surface area contributed by atoms with Crippen LogP contribution in [0.25, 0.3) is 0 Å². The number of ether oxygens (including phenoxy) is 1. The van der Waals surface area contributed by atoms with Crippen LogP contribution in [0.2, 0.25) is 0 Å². The lowest BCUT2D eigenvalue weighted by molar-refractivity contribution is 0.0933. The predicted octanol–water partition coefficient (Wildman–Crippen LogP) is 3.51. The Bertz CT molecular complexity index is 839. The van der Waals surface area contributed by atoms with Gasteiger partial charge >= 0.3 is 0 Å². The van der Waals surface area contributed by atoms with Gasteiger partial charge in [0, 0.05) is 5.56 Å². The maximum absolute atomic E-state index is 12.5. The molecule has 0 fully saturated rings. The smallest absolute Gasteiger partial charge is 0.269 e. The van der Waals surface area contributed by atoms with Gasteiger partial charge in [0.15, 0.2) is 5.11 Å². The minimum Gasteiger partial charge on any atom is -0.493 e. The molecule has 2 rings (SSSR count). The van der Waals surface area contributed by atoms with Gasteiger partial charge in [-0.15, -0.1) is 0 Å². The highest BCUT2D eigenvalue weighted by molar-refractivity contribution is 7.80. The van der Waals surface area contributed by atoms with Gasteiger partial charge in [-0.1, -0.05) is 50.1 Å². The quantitative estimate of drug-likeness (QED) is 0.377. The largest absolute Gasteiger partial charge is 0.493 e. The lowest BCUT2D eigenvalue weighted by Gasteiger charge is -2.14. The van der Waals surface area contributed by atoms with E-state index in [0.29, 0.717) is 23.5 Å². The molecule has 148 valence electrons. The fraction of sp³-hybridized carbons (Fsp3) is 0.286. The van der Waals surface area contributed by atoms with Gasteiger partial charge in [0.1, 0.15) is 5.75 Å². The third-order valence-corrected chi connectivity index (χ3v) is 4.25. The van der Waals surface area contributed by atoms with Crippen LogP contribution in [0.1, 0.15) is 52.5 Å². The van der Waals surface area contributed by atoms with Gasteiger partial charge in [-0.25, -0.2) is 0 Å². The Morgan fingerprint density at radius 2 is 1.61 bits per heavy atom. The van der Waals surface area contributed by atoms with E-state index < -0.39 is 5.91 Å². The van der Waals surface area contributed by atoms with Crippen LogP contribution >= 0.6 is 12.2 Å². The number of para-hydroxylation sites is 1. The standard InChI is InChI=1S/C21H25N3O3S/c1-3-4-9-14-27-18-13-8-7-12-17(18)19(25)22-21(28)24-23-20(26)16-11-6-5-10-15(16)2/h5-8,10-13H,3-4,9,14H2,1-2H3,(H,23,26)(H2,22,24,25,28). The van der Waals surface area contributed by atoms with E-state index in [-0.39, 0.29) is 11.0 Å². The Morgan fingerprint density at radius 1 is 0.929 bits per heavy atom. The molecule has 0 heterocycles. The highest BCUT2D eigenvalue weighted by Crippen LogP contribution is 2.18. The summed E-state index contributed by atoms with van der Waals surface area (Å²) < 4.78 is 5.72. The number of carbonyl (C=O) groups is 2. The van der Waals surface area contributed by atoms with Gasteiger partial charge in [-0.3, -0.25) is 25.8 Å². The molecule has 0 saturated heterocycles. The zero-order valence-electron chi connectivity index (χ0n) is 16.1. The number of hydrogen-bond acceptors (Lipinski definition) is 4. The molecular weight excluding hydrogens is 374 g/mol. The van der Waals surface area contributed by atoms with Crippen molar-refractivity contribution >= 4 is 29.1 Å². The first-order valence-electron chi connectivity index (χ1n) is 9.22. The molecule has 0 aromatic heterocycles. The molecule has 3 N–H and O–H groups in total. The first kappa shape index (κ1) is 21.4. The second-order valence-electron chi connectivity index (χ2n) is 6.23. The molecule has 28 heavy (non-hydrogen) atoms. The molecule has 0 spiro atoms. The summed E-state index contributed by atoms with van der Waals surface area (Å²) in [5.41, 5.74) is 6.78. The van der Waals surface area contributed by atoms with Crippen molar-refractivity contribution < 1.29 is 14.3 Å². The average molecular weight is 400 g/mol. The third kappa shape index (κ3) is 6.35. The maximum atomic E-state index is 12.5. The highest BCUT2D eigenvalue weighted by atomic mass is 32.1. The minimum atomic E-state index is -0.409. The summed E-state index contributed by atoms with van der Waals surface area (Å²) >= 11 is 5.10. The fourth-order valence-electron chi connectivity index (χ4n) is 2.52. The zero-order valence-corrected chi connectivity index (χ0v) is 16.9. The Labute approximate surface area is 170 Å². The molecule has 0 saturated carbocycles. The monoisotopic (exact) mass is 399 g/mol. The number of benzene rings is 2. The molecule has 0 radical (unpaired) electrons. The maximum Gasteiger partial charge on any atom is 0.269 e. The Balaban J connectivity index is 1.89. The van der Waals surface area contributed by atoms with Crippen LogP contribution in [-0.2, 0) is 0 Å². The number of hydrazine groups is 1. The van der Waals surface area contributed by atoms with Crippen molar-refractivity contribution in [3.05, 3.63) is 65.2 Å². The number of amides is 2. The normalized spacial score (nSPS) is 10.1. The Kier molecular flexibility index (Phi) is 8.42. The van der Waals surface area contributed by atoms with Gasteiger partial charge in [0.05, 0.1) is 12.2 Å². The van der Waals surface area contributed by atoms with Gasteiger partial charge in [-0.2, -0.15) is 0 Å². The Hall–Kier alpha value is -2.93. The van der Waals surface area contributed by atoms with E-state index in [0.717, 1.165) is 24.8 Å². The van der Waals surface area contributed by atoms with Crippen molar-refractivity contribution in [2.45, 2.75) is 33.1 Å². The second kappa shape index (κ2) is 11.0. The molecular formula is C21H25N3O3S. The van der Waals surface area contributed by atoms with Gasteiger partial charge < -0.3 is 4.74 Å². The number of rotatable bonds is 7. The fourth-order valence-corrected chi connectivity index (χ4v) is 2.67. The molecule has 7 heteroatoms. The van der Waals surface area contributed by atoms with E-state index in [2.05, 4.69) is 23.1 Å². The topological polar surface area (TPSA) is 79.5 Å². The number of aryl methyl sites for hydroxylation is 1. The summed E-state index contributed by atoms with van der Waals surface area (Å²) in [5, 5.41) is 2.54. The molecule has 0 aliphatic rings. The zero-order chi connectivity index (χ0) is 20.4. The summed E-state index contributed by atoms with van der Waals surface area (Å²) in [5.74, 6) is -0.245. The van der Waals surface area contributed by atoms with Crippen molar-refractivity contribution in [2.24, 2.45) is 0 Å². The SMILES string of the molecule is CCCCCOc1ccccc1C(=O)NC(=S)NNC(=O)c1ccccc1C. The first-order valence-corrected chi connectivity index (χ1v) is 9.63. The summed E-state index contributed by atoms with van der Waals surface area (Å²) in [6.07, 6.45) is 3.10. The molecule has 2 aromatic carbocycles. The molecule has 0 aliphatic carbocycles. The molecule has 0 unspecified atom stereocenters. The van der Waals surface area contributed by atoms with Crippen molar-refractivity contribution in [2.75, 3.05) is 6.61 Å². The molecule has 6 nitrogen and oxygen atoms in total. The lowest BCUT2D eigenvalue weighted by Crippen LogP contribution is -2.48. The number of carbonyl (C=O) groups excluding carboxylic acids is 2. The van der Waals surface area contributed by atoms with Crippen LogP contribution < -0.4 is 20.9 Å². The molecule has 2 aromatic rings. The van der Waals surface area contributed by atoms with Crippen molar-refractivity contribution in [3.63, 3.8) is 0 Å². The van der Waals surface area contributed by atoms with Crippen molar-refractivity contribution in [3.8, 4) is 5.75 Å². The number of nitrogens with one attached hydrogen (secondary N) is 3. The van der Waals surface area contributed by atoms with Crippen LogP contribution in [0.4, 0.5) is 0 Å². The van der Waals surface area contributed by atoms with E-state index >= 15 is 0 Å². The Morgan fingerprint density at radius 3 is 2.32 bits per heavy atom. The van der Waals surface area contributed by atoms with Crippen molar-refractivity contribution in [1.29, 1.82) is 0 Å². The summed E-state index contributed by atoms with van der Waals surface area (Å²) in [6.45, 7) is 4.51. The van der Waals surface area contributed by atoms with Crippen LogP contribution in [0.15, 0.2) is 48.5 Å². The molecule has 0 aliphatic heterocycles. The number of thiocarbonyl (C=S) groups is 1. The lowest BCUT2D eigenvalue weighted by atomic mass is 10.1. The molecule has 2 amide bonds. The van der Waals surface area contributed by atoms with Gasteiger partial charge in [0.25, 0.3) is 11.8 Å². The number of hydrogen-bond donors (Lipinski definition) is 3. The average Bonchev–Trinajstić information content (AvgIpc) is 2.70. The molecule has 0 bridgehead atoms.